The van der Waals surface area contributed by atoms with Crippen molar-refractivity contribution in [2.45, 2.75) is 31.7 Å². The Morgan fingerprint density at radius 1 is 1.24 bits per heavy atom. The van der Waals surface area contributed by atoms with Gasteiger partial charge in [-0.05, 0) is 59.3 Å². The van der Waals surface area contributed by atoms with Gasteiger partial charge in [0.2, 0.25) is 6.79 Å². The second kappa shape index (κ2) is 5.26. The van der Waals surface area contributed by atoms with Crippen LogP contribution in [0.15, 0.2) is 16.6 Å². The summed E-state index contributed by atoms with van der Waals surface area (Å²) in [5, 5.41) is 0.993. The number of aryl methyl sites for hydroxylation is 2. The summed E-state index contributed by atoms with van der Waals surface area (Å²) >= 11 is 5.27. The van der Waals surface area contributed by atoms with Crippen molar-refractivity contribution in [2.24, 2.45) is 5.73 Å². The maximum Gasteiger partial charge on any atom is 0.231 e. The molecule has 0 saturated carbocycles. The van der Waals surface area contributed by atoms with Gasteiger partial charge in [0, 0.05) is 4.88 Å². The van der Waals surface area contributed by atoms with Crippen LogP contribution < -0.4 is 15.2 Å². The Labute approximate surface area is 135 Å². The second-order valence-electron chi connectivity index (χ2n) is 5.34. The van der Waals surface area contributed by atoms with Gasteiger partial charge in [0.15, 0.2) is 11.5 Å². The molecule has 110 valence electrons. The average Bonchev–Trinajstić information content (AvgIpc) is 3.12. The molecule has 2 aliphatic rings. The first-order valence-corrected chi connectivity index (χ1v) is 8.66. The lowest BCUT2D eigenvalue weighted by Crippen LogP contribution is -2.11. The summed E-state index contributed by atoms with van der Waals surface area (Å²) in [5.41, 5.74) is 8.67. The molecule has 0 bridgehead atoms. The number of hydrogen-bond acceptors (Lipinski definition) is 5. The molecular formula is C15H15BrN2O2S. The van der Waals surface area contributed by atoms with Gasteiger partial charge < -0.3 is 15.2 Å². The van der Waals surface area contributed by atoms with Crippen LogP contribution in [0.5, 0.6) is 11.5 Å². The number of rotatable bonds is 2. The van der Waals surface area contributed by atoms with Gasteiger partial charge in [-0.2, -0.15) is 0 Å². The van der Waals surface area contributed by atoms with Crippen molar-refractivity contribution in [1.82, 2.24) is 4.98 Å². The summed E-state index contributed by atoms with van der Waals surface area (Å²) in [6.07, 6.45) is 4.73. The van der Waals surface area contributed by atoms with Crippen LogP contribution in [0.3, 0.4) is 0 Å². The van der Waals surface area contributed by atoms with E-state index in [9.17, 15) is 0 Å². The van der Waals surface area contributed by atoms with E-state index in [2.05, 4.69) is 15.9 Å². The number of nitrogens with two attached hydrogens (primary N) is 1. The molecule has 0 fully saturated rings. The third kappa shape index (κ3) is 2.35. The van der Waals surface area contributed by atoms with Gasteiger partial charge >= 0.3 is 0 Å². The highest BCUT2D eigenvalue weighted by Crippen LogP contribution is 2.42. The molecule has 2 N–H and O–H groups in total. The zero-order chi connectivity index (χ0) is 14.4. The number of halogens is 1. The summed E-state index contributed by atoms with van der Waals surface area (Å²) in [4.78, 5) is 6.17. The molecule has 21 heavy (non-hydrogen) atoms. The molecule has 1 atom stereocenters. The van der Waals surface area contributed by atoms with E-state index < -0.39 is 0 Å². The number of nitrogens with zero attached hydrogens (tertiary/aromatic N) is 1. The summed E-state index contributed by atoms with van der Waals surface area (Å²) in [6.45, 7) is 0.262. The monoisotopic (exact) mass is 366 g/mol. The molecule has 0 saturated heterocycles. The van der Waals surface area contributed by atoms with Crippen LogP contribution in [0.25, 0.3) is 0 Å². The number of hydrogen-bond donors (Lipinski definition) is 1. The fraction of sp³-hybridized carbons (Fsp3) is 0.400. The highest BCUT2D eigenvalue weighted by atomic mass is 79.9. The van der Waals surface area contributed by atoms with E-state index in [4.69, 9.17) is 20.2 Å². The van der Waals surface area contributed by atoms with E-state index in [1.807, 2.05) is 12.1 Å². The molecule has 1 aliphatic carbocycles. The highest BCUT2D eigenvalue weighted by Gasteiger charge is 2.24. The van der Waals surface area contributed by atoms with Gasteiger partial charge in [-0.15, -0.1) is 11.3 Å². The van der Waals surface area contributed by atoms with E-state index in [1.165, 1.54) is 23.4 Å². The molecule has 4 rings (SSSR count). The van der Waals surface area contributed by atoms with Crippen LogP contribution in [0.1, 0.15) is 40.0 Å². The van der Waals surface area contributed by atoms with Crippen molar-refractivity contribution in [3.8, 4) is 11.5 Å². The third-order valence-corrected chi connectivity index (χ3v) is 5.77. The van der Waals surface area contributed by atoms with Crippen LogP contribution in [-0.2, 0) is 12.8 Å². The summed E-state index contributed by atoms with van der Waals surface area (Å²) < 4.78 is 11.8. The third-order valence-electron chi connectivity index (χ3n) is 3.94. The molecular weight excluding hydrogens is 352 g/mol. The fourth-order valence-electron chi connectivity index (χ4n) is 2.81. The van der Waals surface area contributed by atoms with Gasteiger partial charge in [-0.25, -0.2) is 4.98 Å². The Bertz CT molecular complexity index is 678. The smallest absolute Gasteiger partial charge is 0.231 e. The SMILES string of the molecule is NC(c1cc(Br)c2c(c1)OCO2)c1nc2c(s1)CCCC2. The molecule has 2 aromatic rings. The van der Waals surface area contributed by atoms with Gasteiger partial charge in [0.25, 0.3) is 0 Å². The van der Waals surface area contributed by atoms with Gasteiger partial charge in [0.05, 0.1) is 16.2 Å². The molecule has 0 amide bonds. The van der Waals surface area contributed by atoms with E-state index in [1.54, 1.807) is 11.3 Å². The molecule has 1 aromatic carbocycles. The van der Waals surface area contributed by atoms with Crippen LogP contribution in [0.2, 0.25) is 0 Å². The lowest BCUT2D eigenvalue weighted by Gasteiger charge is -2.11. The van der Waals surface area contributed by atoms with Crippen LogP contribution in [0, 0.1) is 0 Å². The summed E-state index contributed by atoms with van der Waals surface area (Å²) in [5.74, 6) is 1.50. The first-order valence-electron chi connectivity index (χ1n) is 7.05. The van der Waals surface area contributed by atoms with Gasteiger partial charge in [0.1, 0.15) is 5.01 Å². The summed E-state index contributed by atoms with van der Waals surface area (Å²) in [6, 6.07) is 3.74. The van der Waals surface area contributed by atoms with Crippen LogP contribution in [0.4, 0.5) is 0 Å². The van der Waals surface area contributed by atoms with Crippen molar-refractivity contribution >= 4 is 27.3 Å². The molecule has 1 aromatic heterocycles. The Kier molecular flexibility index (Phi) is 3.40. The predicted molar refractivity (Wildman–Crippen MR) is 85.1 cm³/mol. The van der Waals surface area contributed by atoms with Gasteiger partial charge in [-0.3, -0.25) is 0 Å². The molecule has 0 radical (unpaired) electrons. The standard InChI is InChI=1S/C15H15BrN2O2S/c16-9-5-8(6-11-14(9)20-7-19-11)13(17)15-18-10-3-1-2-4-12(10)21-15/h5-6,13H,1-4,7,17H2. The van der Waals surface area contributed by atoms with Gasteiger partial charge in [-0.1, -0.05) is 0 Å². The average molecular weight is 367 g/mol. The predicted octanol–water partition coefficient (Wildman–Crippen LogP) is 3.56. The maximum atomic E-state index is 6.42. The summed E-state index contributed by atoms with van der Waals surface area (Å²) in [7, 11) is 0. The van der Waals surface area contributed by atoms with Crippen molar-refractivity contribution in [1.29, 1.82) is 0 Å². The second-order valence-corrected chi connectivity index (χ2v) is 7.31. The molecule has 1 aliphatic heterocycles. The molecule has 2 heterocycles. The quantitative estimate of drug-likeness (QED) is 0.882. The zero-order valence-corrected chi connectivity index (χ0v) is 13.8. The minimum Gasteiger partial charge on any atom is -0.454 e. The minimum atomic E-state index is -0.216. The number of aromatic nitrogens is 1. The number of fused-ring (bicyclic) bond motifs is 2. The number of ether oxygens (including phenoxy) is 2. The molecule has 6 heteroatoms. The Hall–Kier alpha value is -1.11. The van der Waals surface area contributed by atoms with Crippen LogP contribution in [-0.4, -0.2) is 11.8 Å². The molecule has 4 nitrogen and oxygen atoms in total. The zero-order valence-electron chi connectivity index (χ0n) is 11.4. The Balaban J connectivity index is 1.70. The van der Waals surface area contributed by atoms with Crippen LogP contribution >= 0.6 is 27.3 Å². The van der Waals surface area contributed by atoms with Crippen molar-refractivity contribution in [3.05, 3.63) is 37.7 Å². The molecule has 1 unspecified atom stereocenters. The van der Waals surface area contributed by atoms with Crippen molar-refractivity contribution in [2.75, 3.05) is 6.79 Å². The van der Waals surface area contributed by atoms with E-state index >= 15 is 0 Å². The Morgan fingerprint density at radius 3 is 2.95 bits per heavy atom. The van der Waals surface area contributed by atoms with Crippen molar-refractivity contribution in [3.63, 3.8) is 0 Å². The molecule has 0 spiro atoms. The minimum absolute atomic E-state index is 0.216. The fourth-order valence-corrected chi connectivity index (χ4v) is 4.57. The normalized spacial score (nSPS) is 17.6. The largest absolute Gasteiger partial charge is 0.454 e. The van der Waals surface area contributed by atoms with E-state index in [0.717, 1.165) is 39.4 Å². The first kappa shape index (κ1) is 13.5. The van der Waals surface area contributed by atoms with E-state index in [-0.39, 0.29) is 12.8 Å². The topological polar surface area (TPSA) is 57.4 Å². The van der Waals surface area contributed by atoms with Crippen molar-refractivity contribution < 1.29 is 9.47 Å². The first-order chi connectivity index (χ1) is 10.2. The number of benzene rings is 1. The lowest BCUT2D eigenvalue weighted by atomic mass is 10.0. The number of thiazole rings is 1. The highest BCUT2D eigenvalue weighted by molar-refractivity contribution is 9.10. The maximum absolute atomic E-state index is 6.42. The van der Waals surface area contributed by atoms with E-state index in [0.29, 0.717) is 0 Å². The Morgan fingerprint density at radius 2 is 2.10 bits per heavy atom. The lowest BCUT2D eigenvalue weighted by molar-refractivity contribution is 0.173.